The summed E-state index contributed by atoms with van der Waals surface area (Å²) in [4.78, 5) is 17.6. The highest BCUT2D eigenvalue weighted by atomic mass is 35.5. The van der Waals surface area contributed by atoms with E-state index in [-0.39, 0.29) is 30.7 Å². The van der Waals surface area contributed by atoms with E-state index in [0.717, 1.165) is 18.8 Å². The zero-order valence-corrected chi connectivity index (χ0v) is 13.2. The van der Waals surface area contributed by atoms with Crippen LogP contribution in [0.25, 0.3) is 0 Å². The lowest BCUT2D eigenvalue weighted by Gasteiger charge is -2.21. The lowest BCUT2D eigenvalue weighted by atomic mass is 10.2. The molecule has 1 fully saturated rings. The zero-order chi connectivity index (χ0) is 12.3. The summed E-state index contributed by atoms with van der Waals surface area (Å²) in [5.74, 6) is -0.0769. The maximum atomic E-state index is 10.9. The Morgan fingerprint density at radius 2 is 2.37 bits per heavy atom. The zero-order valence-electron chi connectivity index (χ0n) is 10.8. The molecule has 8 heteroatoms. The first-order valence-electron chi connectivity index (χ1n) is 5.85. The normalized spacial score (nSPS) is 18.5. The Labute approximate surface area is 129 Å². The first kappa shape index (κ1) is 18.6. The summed E-state index contributed by atoms with van der Waals surface area (Å²) in [6.45, 7) is 4.13. The molecule has 2 rings (SSSR count). The number of anilines is 1. The summed E-state index contributed by atoms with van der Waals surface area (Å²) >= 11 is 1.47. The van der Waals surface area contributed by atoms with E-state index >= 15 is 0 Å². The number of aromatic nitrogens is 1. The van der Waals surface area contributed by atoms with Gasteiger partial charge < -0.3 is 11.1 Å². The molecule has 1 amide bonds. The number of halogens is 2. The van der Waals surface area contributed by atoms with Gasteiger partial charge in [-0.15, -0.1) is 36.2 Å². The van der Waals surface area contributed by atoms with Crippen LogP contribution in [0.2, 0.25) is 0 Å². The van der Waals surface area contributed by atoms with E-state index in [1.165, 1.54) is 31.1 Å². The number of carbonyl (C=O) groups excluding carboxylic acids is 1. The van der Waals surface area contributed by atoms with Crippen molar-refractivity contribution in [2.24, 2.45) is 5.73 Å². The Balaban J connectivity index is 0.00000162. The molecule has 0 radical (unpaired) electrons. The minimum Gasteiger partial charge on any atom is -0.329 e. The first-order valence-corrected chi connectivity index (χ1v) is 6.73. The average molecular weight is 327 g/mol. The summed E-state index contributed by atoms with van der Waals surface area (Å²) in [5, 5.41) is 5.37. The number of nitrogens with zero attached hydrogens (tertiary/aromatic N) is 2. The van der Waals surface area contributed by atoms with Crippen molar-refractivity contribution in [3.05, 3.63) is 11.1 Å². The Hall–Kier alpha value is -0.400. The van der Waals surface area contributed by atoms with Gasteiger partial charge in [0.05, 0.1) is 5.69 Å². The predicted molar refractivity (Wildman–Crippen MR) is 83.4 cm³/mol. The van der Waals surface area contributed by atoms with Crippen LogP contribution in [0.1, 0.15) is 25.5 Å². The number of likely N-dealkylation sites (tertiary alicyclic amines) is 1. The molecule has 1 saturated heterocycles. The Kier molecular flexibility index (Phi) is 8.52. The smallest absolute Gasteiger partial charge is 0.223 e. The Bertz CT molecular complexity index is 402. The van der Waals surface area contributed by atoms with Crippen LogP contribution < -0.4 is 11.1 Å². The molecule has 5 nitrogen and oxygen atoms in total. The van der Waals surface area contributed by atoms with E-state index in [9.17, 15) is 4.79 Å². The highest BCUT2D eigenvalue weighted by Crippen LogP contribution is 2.21. The monoisotopic (exact) mass is 326 g/mol. The van der Waals surface area contributed by atoms with Gasteiger partial charge in [-0.25, -0.2) is 4.98 Å². The van der Waals surface area contributed by atoms with Crippen molar-refractivity contribution in [3.8, 4) is 0 Å². The second kappa shape index (κ2) is 8.71. The SMILES string of the molecule is CC(=O)Nc1nc(CN2CCCC2CN)cs1.Cl.Cl. The lowest BCUT2D eigenvalue weighted by molar-refractivity contribution is -0.114. The van der Waals surface area contributed by atoms with Gasteiger partial charge in [-0.2, -0.15) is 0 Å². The van der Waals surface area contributed by atoms with Gasteiger partial charge in [0.2, 0.25) is 5.91 Å². The summed E-state index contributed by atoms with van der Waals surface area (Å²) in [6, 6.07) is 0.487. The molecule has 0 saturated carbocycles. The molecule has 1 aromatic heterocycles. The fourth-order valence-electron chi connectivity index (χ4n) is 2.17. The van der Waals surface area contributed by atoms with Crippen LogP contribution in [0.5, 0.6) is 0 Å². The molecular formula is C11H20Cl2N4OS. The topological polar surface area (TPSA) is 71.2 Å². The van der Waals surface area contributed by atoms with Crippen LogP contribution in [0.15, 0.2) is 5.38 Å². The molecule has 2 heterocycles. The first-order chi connectivity index (χ1) is 8.19. The molecule has 1 aliphatic heterocycles. The van der Waals surface area contributed by atoms with Crippen molar-refractivity contribution in [2.45, 2.75) is 32.4 Å². The summed E-state index contributed by atoms with van der Waals surface area (Å²) in [6.07, 6.45) is 2.39. The number of hydrogen-bond donors (Lipinski definition) is 2. The molecule has 1 aliphatic rings. The number of carbonyl (C=O) groups is 1. The van der Waals surface area contributed by atoms with Gasteiger partial charge >= 0.3 is 0 Å². The molecule has 19 heavy (non-hydrogen) atoms. The van der Waals surface area contributed by atoms with Gasteiger partial charge in [-0.3, -0.25) is 9.69 Å². The van der Waals surface area contributed by atoms with Gasteiger partial charge in [-0.1, -0.05) is 0 Å². The average Bonchev–Trinajstić information content (AvgIpc) is 2.87. The van der Waals surface area contributed by atoms with E-state index < -0.39 is 0 Å². The number of rotatable bonds is 4. The summed E-state index contributed by atoms with van der Waals surface area (Å²) < 4.78 is 0. The molecule has 0 aliphatic carbocycles. The van der Waals surface area contributed by atoms with E-state index in [4.69, 9.17) is 5.73 Å². The number of nitrogens with two attached hydrogens (primary N) is 1. The van der Waals surface area contributed by atoms with Crippen LogP contribution >= 0.6 is 36.2 Å². The molecule has 1 aromatic rings. The summed E-state index contributed by atoms with van der Waals surface area (Å²) in [5.41, 5.74) is 6.75. The van der Waals surface area contributed by atoms with Crippen molar-refractivity contribution in [3.63, 3.8) is 0 Å². The maximum absolute atomic E-state index is 10.9. The standard InChI is InChI=1S/C11H18N4OS.2ClH/c1-8(16)13-11-14-9(7-17-11)6-15-4-2-3-10(15)5-12;;/h7,10H,2-6,12H2,1H3,(H,13,14,16);2*1H. The van der Waals surface area contributed by atoms with Crippen molar-refractivity contribution >= 4 is 47.2 Å². The Morgan fingerprint density at radius 3 is 3.00 bits per heavy atom. The van der Waals surface area contributed by atoms with Gasteiger partial charge in [0.25, 0.3) is 0 Å². The third-order valence-electron chi connectivity index (χ3n) is 2.97. The number of nitrogens with one attached hydrogen (secondary N) is 1. The van der Waals surface area contributed by atoms with Gasteiger partial charge in [0.1, 0.15) is 0 Å². The number of amides is 1. The van der Waals surface area contributed by atoms with Gasteiger partial charge in [0, 0.05) is 31.4 Å². The molecule has 0 spiro atoms. The van der Waals surface area contributed by atoms with Crippen LogP contribution in [-0.4, -0.2) is 34.9 Å². The van der Waals surface area contributed by atoms with Crippen molar-refractivity contribution in [1.29, 1.82) is 0 Å². The lowest BCUT2D eigenvalue weighted by Crippen LogP contribution is -2.34. The Morgan fingerprint density at radius 1 is 1.63 bits per heavy atom. The third kappa shape index (κ3) is 5.24. The number of hydrogen-bond acceptors (Lipinski definition) is 5. The molecule has 110 valence electrons. The van der Waals surface area contributed by atoms with Crippen LogP contribution in [0, 0.1) is 0 Å². The van der Waals surface area contributed by atoms with Gasteiger partial charge in [-0.05, 0) is 19.4 Å². The second-order valence-corrected chi connectivity index (χ2v) is 5.19. The largest absolute Gasteiger partial charge is 0.329 e. The van der Waals surface area contributed by atoms with E-state index in [0.29, 0.717) is 17.7 Å². The van der Waals surface area contributed by atoms with Crippen LogP contribution in [-0.2, 0) is 11.3 Å². The fraction of sp³-hybridized carbons (Fsp3) is 0.636. The van der Waals surface area contributed by atoms with Crippen LogP contribution in [0.4, 0.5) is 5.13 Å². The number of thiazole rings is 1. The quantitative estimate of drug-likeness (QED) is 0.886. The van der Waals surface area contributed by atoms with Crippen molar-refractivity contribution in [1.82, 2.24) is 9.88 Å². The minimum absolute atomic E-state index is 0. The fourth-order valence-corrected chi connectivity index (χ4v) is 2.91. The van der Waals surface area contributed by atoms with Crippen molar-refractivity contribution in [2.75, 3.05) is 18.4 Å². The molecule has 3 N–H and O–H groups in total. The van der Waals surface area contributed by atoms with Gasteiger partial charge in [0.15, 0.2) is 5.13 Å². The maximum Gasteiger partial charge on any atom is 0.223 e. The van der Waals surface area contributed by atoms with E-state index in [1.807, 2.05) is 5.38 Å². The van der Waals surface area contributed by atoms with E-state index in [1.54, 1.807) is 0 Å². The molecular weight excluding hydrogens is 307 g/mol. The summed E-state index contributed by atoms with van der Waals surface area (Å²) in [7, 11) is 0. The van der Waals surface area contributed by atoms with Crippen molar-refractivity contribution < 1.29 is 4.79 Å². The highest BCUT2D eigenvalue weighted by Gasteiger charge is 2.23. The molecule has 0 aromatic carbocycles. The second-order valence-electron chi connectivity index (χ2n) is 4.33. The van der Waals surface area contributed by atoms with E-state index in [2.05, 4.69) is 15.2 Å². The molecule has 0 bridgehead atoms. The third-order valence-corrected chi connectivity index (χ3v) is 3.78. The highest BCUT2D eigenvalue weighted by molar-refractivity contribution is 7.13. The molecule has 1 unspecified atom stereocenters. The van der Waals surface area contributed by atoms with Crippen LogP contribution in [0.3, 0.4) is 0 Å². The predicted octanol–water partition coefficient (Wildman–Crippen LogP) is 1.87. The minimum atomic E-state index is -0.0769. The molecule has 1 atom stereocenters.